The number of benzene rings is 2. The highest BCUT2D eigenvalue weighted by Crippen LogP contribution is 2.17. The number of amides is 1. The smallest absolute Gasteiger partial charge is 0.223 e. The fraction of sp³-hybridized carbons (Fsp3) is 0.350. The van der Waals surface area contributed by atoms with Crippen LogP contribution in [0.4, 0.5) is 0 Å². The van der Waals surface area contributed by atoms with Crippen LogP contribution in [0, 0.1) is 5.92 Å². The summed E-state index contributed by atoms with van der Waals surface area (Å²) in [6.07, 6.45) is 0.703. The Balaban J connectivity index is 1.41. The van der Waals surface area contributed by atoms with Crippen LogP contribution in [0.2, 0.25) is 0 Å². The first kappa shape index (κ1) is 16.5. The second-order valence-electron chi connectivity index (χ2n) is 6.28. The molecule has 4 heteroatoms. The van der Waals surface area contributed by atoms with E-state index >= 15 is 0 Å². The number of hydrogen-bond acceptors (Lipinski definition) is 3. The summed E-state index contributed by atoms with van der Waals surface area (Å²) < 4.78 is 5.65. The number of carbonyl (C=O) groups is 1. The summed E-state index contributed by atoms with van der Waals surface area (Å²) in [6.45, 7) is 4.93. The molecule has 2 aromatic rings. The lowest BCUT2D eigenvalue weighted by Crippen LogP contribution is -2.29. The van der Waals surface area contributed by atoms with Crippen molar-refractivity contribution in [3.8, 4) is 5.75 Å². The summed E-state index contributed by atoms with van der Waals surface area (Å²) in [5.41, 5.74) is 3.85. The number of fused-ring (bicyclic) bond motifs is 1. The Labute approximate surface area is 143 Å². The van der Waals surface area contributed by atoms with Crippen LogP contribution in [-0.4, -0.2) is 12.5 Å². The molecule has 0 fully saturated rings. The molecule has 4 nitrogen and oxygen atoms in total. The molecule has 1 aliphatic heterocycles. The van der Waals surface area contributed by atoms with Crippen molar-refractivity contribution in [2.45, 2.75) is 33.0 Å². The number of nitrogens with one attached hydrogen (secondary N) is 2. The third-order valence-corrected chi connectivity index (χ3v) is 4.38. The first-order valence-corrected chi connectivity index (χ1v) is 8.49. The molecule has 2 N–H and O–H groups in total. The van der Waals surface area contributed by atoms with Gasteiger partial charge in [-0.3, -0.25) is 4.79 Å². The molecule has 1 unspecified atom stereocenters. The fourth-order valence-electron chi connectivity index (χ4n) is 2.82. The average molecular weight is 324 g/mol. The van der Waals surface area contributed by atoms with Crippen molar-refractivity contribution in [2.75, 3.05) is 6.61 Å². The average Bonchev–Trinajstić information content (AvgIpc) is 3.08. The monoisotopic (exact) mass is 324 g/mol. The van der Waals surface area contributed by atoms with E-state index in [1.165, 1.54) is 11.1 Å². The maximum Gasteiger partial charge on any atom is 0.223 e. The third-order valence-electron chi connectivity index (χ3n) is 4.38. The van der Waals surface area contributed by atoms with Gasteiger partial charge in [0, 0.05) is 25.6 Å². The lowest BCUT2D eigenvalue weighted by atomic mass is 10.1. The number of rotatable bonds is 7. The van der Waals surface area contributed by atoms with Crippen LogP contribution in [-0.2, 0) is 24.4 Å². The first-order valence-electron chi connectivity index (χ1n) is 8.49. The molecule has 0 radical (unpaired) electrons. The molecule has 1 atom stereocenters. The van der Waals surface area contributed by atoms with Gasteiger partial charge in [0.05, 0.1) is 6.61 Å². The van der Waals surface area contributed by atoms with E-state index in [1.807, 2.05) is 37.3 Å². The Hall–Kier alpha value is -2.33. The molecule has 2 aromatic carbocycles. The normalized spacial score (nSPS) is 14.0. The predicted molar refractivity (Wildman–Crippen MR) is 94.6 cm³/mol. The van der Waals surface area contributed by atoms with Gasteiger partial charge in [0.1, 0.15) is 5.75 Å². The number of ether oxygens (including phenoxy) is 1. The van der Waals surface area contributed by atoms with E-state index in [0.717, 1.165) is 24.4 Å². The van der Waals surface area contributed by atoms with E-state index in [2.05, 4.69) is 28.8 Å². The van der Waals surface area contributed by atoms with Crippen molar-refractivity contribution in [1.29, 1.82) is 0 Å². The number of hydrogen-bond donors (Lipinski definition) is 2. The zero-order valence-corrected chi connectivity index (χ0v) is 14.0. The highest BCUT2D eigenvalue weighted by atomic mass is 16.5. The predicted octanol–water partition coefficient (Wildman–Crippen LogP) is 3.01. The lowest BCUT2D eigenvalue weighted by molar-refractivity contribution is -0.125. The number of para-hydroxylation sites is 1. The highest BCUT2D eigenvalue weighted by Gasteiger charge is 2.14. The van der Waals surface area contributed by atoms with Crippen LogP contribution in [0.25, 0.3) is 0 Å². The van der Waals surface area contributed by atoms with E-state index in [9.17, 15) is 4.79 Å². The van der Waals surface area contributed by atoms with Crippen LogP contribution in [0.5, 0.6) is 5.75 Å². The largest absolute Gasteiger partial charge is 0.494 e. The van der Waals surface area contributed by atoms with Crippen molar-refractivity contribution in [1.82, 2.24) is 10.6 Å². The van der Waals surface area contributed by atoms with Gasteiger partial charge in [-0.15, -0.1) is 0 Å². The SMILES string of the molecule is CC(CCOc1ccccc1)C(=O)NCc1ccc2c(c1)CNC2. The van der Waals surface area contributed by atoms with Crippen LogP contribution in [0.1, 0.15) is 30.0 Å². The molecule has 0 saturated carbocycles. The Bertz CT molecular complexity index is 685. The molecular weight excluding hydrogens is 300 g/mol. The quantitative estimate of drug-likeness (QED) is 0.823. The molecular formula is C20H24N2O2. The van der Waals surface area contributed by atoms with Gasteiger partial charge in [0.25, 0.3) is 0 Å². The van der Waals surface area contributed by atoms with E-state index < -0.39 is 0 Å². The van der Waals surface area contributed by atoms with E-state index in [1.54, 1.807) is 0 Å². The topological polar surface area (TPSA) is 50.4 Å². The molecule has 0 aromatic heterocycles. The first-order chi connectivity index (χ1) is 11.7. The second-order valence-corrected chi connectivity index (χ2v) is 6.28. The Kier molecular flexibility index (Phi) is 5.49. The zero-order valence-electron chi connectivity index (χ0n) is 14.0. The van der Waals surface area contributed by atoms with Gasteiger partial charge >= 0.3 is 0 Å². The van der Waals surface area contributed by atoms with Gasteiger partial charge in [0.2, 0.25) is 5.91 Å². The molecule has 0 bridgehead atoms. The molecule has 126 valence electrons. The molecule has 1 heterocycles. The van der Waals surface area contributed by atoms with Crippen molar-refractivity contribution < 1.29 is 9.53 Å². The van der Waals surface area contributed by atoms with Gasteiger partial charge in [-0.05, 0) is 35.2 Å². The maximum atomic E-state index is 12.2. The Morgan fingerprint density at radius 1 is 1.17 bits per heavy atom. The summed E-state index contributed by atoms with van der Waals surface area (Å²) in [5, 5.41) is 6.36. The summed E-state index contributed by atoms with van der Waals surface area (Å²) in [7, 11) is 0. The highest BCUT2D eigenvalue weighted by molar-refractivity contribution is 5.78. The standard InChI is InChI=1S/C20H24N2O2/c1-15(9-10-24-19-5-3-2-4-6-19)20(23)22-12-16-7-8-17-13-21-14-18(17)11-16/h2-8,11,15,21H,9-10,12-14H2,1H3,(H,22,23). The molecule has 0 saturated heterocycles. The summed E-state index contributed by atoms with van der Waals surface area (Å²) in [5.74, 6) is 0.854. The van der Waals surface area contributed by atoms with Gasteiger partial charge < -0.3 is 15.4 Å². The van der Waals surface area contributed by atoms with Gasteiger partial charge in [-0.1, -0.05) is 43.3 Å². The van der Waals surface area contributed by atoms with E-state index in [0.29, 0.717) is 19.6 Å². The maximum absolute atomic E-state index is 12.2. The van der Waals surface area contributed by atoms with Crippen molar-refractivity contribution in [3.05, 3.63) is 65.2 Å². The van der Waals surface area contributed by atoms with Crippen molar-refractivity contribution in [2.24, 2.45) is 5.92 Å². The van der Waals surface area contributed by atoms with Crippen molar-refractivity contribution in [3.63, 3.8) is 0 Å². The van der Waals surface area contributed by atoms with Gasteiger partial charge in [-0.2, -0.15) is 0 Å². The fourth-order valence-corrected chi connectivity index (χ4v) is 2.82. The molecule has 3 rings (SSSR count). The Morgan fingerprint density at radius 3 is 2.79 bits per heavy atom. The van der Waals surface area contributed by atoms with Crippen LogP contribution in [0.3, 0.4) is 0 Å². The van der Waals surface area contributed by atoms with E-state index in [-0.39, 0.29) is 11.8 Å². The second kappa shape index (κ2) is 7.97. The number of carbonyl (C=O) groups excluding carboxylic acids is 1. The van der Waals surface area contributed by atoms with Crippen LogP contribution in [0.15, 0.2) is 48.5 Å². The molecule has 0 spiro atoms. The summed E-state index contributed by atoms with van der Waals surface area (Å²) in [4.78, 5) is 12.2. The van der Waals surface area contributed by atoms with Gasteiger partial charge in [0.15, 0.2) is 0 Å². The Morgan fingerprint density at radius 2 is 1.96 bits per heavy atom. The minimum Gasteiger partial charge on any atom is -0.494 e. The van der Waals surface area contributed by atoms with Crippen molar-refractivity contribution >= 4 is 5.91 Å². The minimum absolute atomic E-state index is 0.0650. The van der Waals surface area contributed by atoms with Crippen LogP contribution < -0.4 is 15.4 Å². The molecule has 1 amide bonds. The van der Waals surface area contributed by atoms with Gasteiger partial charge in [-0.25, -0.2) is 0 Å². The third kappa shape index (κ3) is 4.36. The van der Waals surface area contributed by atoms with E-state index in [4.69, 9.17) is 4.74 Å². The molecule has 24 heavy (non-hydrogen) atoms. The molecule has 0 aliphatic carbocycles. The minimum atomic E-state index is -0.0650. The lowest BCUT2D eigenvalue weighted by Gasteiger charge is -2.13. The molecule has 1 aliphatic rings. The summed E-state index contributed by atoms with van der Waals surface area (Å²) in [6, 6.07) is 16.1. The summed E-state index contributed by atoms with van der Waals surface area (Å²) >= 11 is 0. The zero-order chi connectivity index (χ0) is 16.8. The van der Waals surface area contributed by atoms with Crippen LogP contribution >= 0.6 is 0 Å².